The van der Waals surface area contributed by atoms with Crippen molar-refractivity contribution in [3.63, 3.8) is 0 Å². The molecule has 0 saturated carbocycles. The van der Waals surface area contributed by atoms with Crippen LogP contribution >= 0.6 is 0 Å². The Morgan fingerprint density at radius 1 is 0.966 bits per heavy atom. The van der Waals surface area contributed by atoms with Crippen LogP contribution in [0.25, 0.3) is 0 Å². The van der Waals surface area contributed by atoms with Gasteiger partial charge in [0.15, 0.2) is 6.04 Å². The molecule has 2 aromatic rings. The molecule has 3 nitrogen and oxygen atoms in total. The number of likely N-dealkylation sites (tertiary alicyclic amines) is 1. The van der Waals surface area contributed by atoms with E-state index in [0.717, 1.165) is 40.9 Å². The molecule has 0 aromatic heterocycles. The molecule has 1 amide bonds. The minimum absolute atomic E-state index is 0. The number of likely N-dealkylation sites (N-methyl/N-ethyl adjacent to an activating group) is 1. The van der Waals surface area contributed by atoms with Gasteiger partial charge in [0, 0.05) is 51.2 Å². The quantitative estimate of drug-likeness (QED) is 0.583. The molecule has 1 atom stereocenters. The Kier molecular flexibility index (Phi) is 10.7. The van der Waals surface area contributed by atoms with Crippen molar-refractivity contribution in [2.75, 3.05) is 25.0 Å². The number of quaternary nitrogens is 1. The SMILES string of the molecule is CC[N+]1(C(C)C(=O)Nc2c(C)cc(C)cc2C)CCCC1.Cc1ccccc1.[Y]. The number of anilines is 1. The fraction of sp³-hybridized carbons (Fsp3) is 0.480. The number of amides is 1. The minimum Gasteiger partial charge on any atom is -0.320 e. The van der Waals surface area contributed by atoms with Crippen LogP contribution in [0.1, 0.15) is 48.9 Å². The third-order valence-corrected chi connectivity index (χ3v) is 6.15. The zero-order valence-electron chi connectivity index (χ0n) is 19.1. The first kappa shape index (κ1) is 26.0. The van der Waals surface area contributed by atoms with Gasteiger partial charge in [-0.25, -0.2) is 0 Å². The number of nitrogens with one attached hydrogen (secondary N) is 1. The number of rotatable bonds is 4. The second kappa shape index (κ2) is 12.0. The summed E-state index contributed by atoms with van der Waals surface area (Å²) in [5.74, 6) is 0.161. The summed E-state index contributed by atoms with van der Waals surface area (Å²) >= 11 is 0. The summed E-state index contributed by atoms with van der Waals surface area (Å²) in [5.41, 5.74) is 5.86. The molecule has 2 aromatic carbocycles. The van der Waals surface area contributed by atoms with Gasteiger partial charge in [-0.2, -0.15) is 0 Å². The maximum Gasteiger partial charge on any atom is 0.282 e. The van der Waals surface area contributed by atoms with E-state index >= 15 is 0 Å². The zero-order valence-corrected chi connectivity index (χ0v) is 21.9. The van der Waals surface area contributed by atoms with Crippen LogP contribution in [0, 0.1) is 27.7 Å². The molecule has 1 N–H and O–H groups in total. The molecular weight excluding hydrogens is 433 g/mol. The minimum atomic E-state index is 0. The van der Waals surface area contributed by atoms with Gasteiger partial charge < -0.3 is 9.80 Å². The van der Waals surface area contributed by atoms with Gasteiger partial charge in [-0.1, -0.05) is 53.6 Å². The normalized spacial score (nSPS) is 15.5. The van der Waals surface area contributed by atoms with E-state index < -0.39 is 0 Å². The predicted octanol–water partition coefficient (Wildman–Crippen LogP) is 5.56. The molecule has 0 spiro atoms. The summed E-state index contributed by atoms with van der Waals surface area (Å²) in [5, 5.41) is 3.19. The Bertz CT molecular complexity index is 760. The van der Waals surface area contributed by atoms with Gasteiger partial charge in [0.25, 0.3) is 5.91 Å². The first-order valence-corrected chi connectivity index (χ1v) is 10.5. The molecule has 29 heavy (non-hydrogen) atoms. The fourth-order valence-electron chi connectivity index (χ4n) is 4.33. The van der Waals surface area contributed by atoms with Gasteiger partial charge >= 0.3 is 0 Å². The van der Waals surface area contributed by atoms with Crippen molar-refractivity contribution in [3.05, 3.63) is 64.7 Å². The molecule has 0 bridgehead atoms. The summed E-state index contributed by atoms with van der Waals surface area (Å²) in [6, 6.07) is 14.6. The van der Waals surface area contributed by atoms with Gasteiger partial charge in [0.1, 0.15) is 0 Å². The maximum absolute atomic E-state index is 12.7. The number of hydrogen-bond acceptors (Lipinski definition) is 1. The van der Waals surface area contributed by atoms with Crippen LogP contribution in [0.2, 0.25) is 0 Å². The molecule has 1 radical (unpaired) electrons. The van der Waals surface area contributed by atoms with Crippen molar-refractivity contribution in [1.29, 1.82) is 0 Å². The van der Waals surface area contributed by atoms with Crippen molar-refractivity contribution >= 4 is 11.6 Å². The standard InChI is InChI=1S/C18H28N2O.C7H8.Y/c1-6-20(9-7-8-10-20)16(5)18(21)19-17-14(3)11-13(2)12-15(17)4;1-7-5-3-2-4-6-7;/h11-12,16H,6-10H2,1-5H3;2-6H,1H3;/p+1. The second-order valence-corrected chi connectivity index (χ2v) is 8.28. The van der Waals surface area contributed by atoms with Crippen LogP contribution in [0.3, 0.4) is 0 Å². The predicted molar refractivity (Wildman–Crippen MR) is 120 cm³/mol. The van der Waals surface area contributed by atoms with Gasteiger partial charge in [-0.3, -0.25) is 4.79 Å². The summed E-state index contributed by atoms with van der Waals surface area (Å²) in [6.07, 6.45) is 2.49. The third kappa shape index (κ3) is 7.01. The van der Waals surface area contributed by atoms with E-state index in [1.165, 1.54) is 24.0 Å². The van der Waals surface area contributed by atoms with Crippen LogP contribution in [-0.4, -0.2) is 36.1 Å². The molecule has 1 fully saturated rings. The number of carbonyl (C=O) groups is 1. The van der Waals surface area contributed by atoms with E-state index in [2.05, 4.69) is 71.1 Å². The molecular formula is C25H37N2OY+. The third-order valence-electron chi connectivity index (χ3n) is 6.15. The number of hydrogen-bond donors (Lipinski definition) is 1. The van der Waals surface area contributed by atoms with E-state index in [1.807, 2.05) is 18.2 Å². The summed E-state index contributed by atoms with van der Waals surface area (Å²) in [6.45, 7) is 15.9. The Balaban J connectivity index is 0.000000445. The van der Waals surface area contributed by atoms with E-state index in [0.29, 0.717) is 0 Å². The molecule has 1 aliphatic rings. The van der Waals surface area contributed by atoms with E-state index in [-0.39, 0.29) is 44.7 Å². The molecule has 1 unspecified atom stereocenters. The van der Waals surface area contributed by atoms with Crippen molar-refractivity contribution in [2.45, 2.75) is 60.4 Å². The molecule has 4 heteroatoms. The maximum atomic E-state index is 12.7. The average Bonchev–Trinajstić information content (AvgIpc) is 3.15. The Labute approximate surface area is 202 Å². The van der Waals surface area contributed by atoms with E-state index in [4.69, 9.17) is 0 Å². The Hall–Kier alpha value is -1.03. The second-order valence-electron chi connectivity index (χ2n) is 8.28. The van der Waals surface area contributed by atoms with Crippen LogP contribution in [0.15, 0.2) is 42.5 Å². The monoisotopic (exact) mass is 470 g/mol. The van der Waals surface area contributed by atoms with Crippen molar-refractivity contribution < 1.29 is 42.0 Å². The van der Waals surface area contributed by atoms with Gasteiger partial charge in [-0.15, -0.1) is 0 Å². The summed E-state index contributed by atoms with van der Waals surface area (Å²) in [7, 11) is 0. The largest absolute Gasteiger partial charge is 0.320 e. The van der Waals surface area contributed by atoms with Crippen LogP contribution in [0.5, 0.6) is 0 Å². The first-order valence-electron chi connectivity index (χ1n) is 10.5. The fourth-order valence-corrected chi connectivity index (χ4v) is 4.33. The van der Waals surface area contributed by atoms with Gasteiger partial charge in [-0.05, 0) is 52.7 Å². The average molecular weight is 470 g/mol. The molecule has 3 rings (SSSR count). The number of benzene rings is 2. The molecule has 1 saturated heterocycles. The smallest absolute Gasteiger partial charge is 0.282 e. The first-order chi connectivity index (χ1) is 13.3. The van der Waals surface area contributed by atoms with E-state index in [9.17, 15) is 4.79 Å². The van der Waals surface area contributed by atoms with Crippen molar-refractivity contribution in [1.82, 2.24) is 0 Å². The molecule has 1 aliphatic heterocycles. The van der Waals surface area contributed by atoms with Crippen LogP contribution in [-0.2, 0) is 37.5 Å². The zero-order chi connectivity index (χ0) is 20.7. The van der Waals surface area contributed by atoms with Crippen molar-refractivity contribution in [3.8, 4) is 0 Å². The summed E-state index contributed by atoms with van der Waals surface area (Å²) in [4.78, 5) is 12.7. The van der Waals surface area contributed by atoms with Crippen LogP contribution in [0.4, 0.5) is 5.69 Å². The van der Waals surface area contributed by atoms with Crippen molar-refractivity contribution in [2.24, 2.45) is 0 Å². The molecule has 1 heterocycles. The number of nitrogens with zero attached hydrogens (tertiary/aromatic N) is 1. The molecule has 155 valence electrons. The molecule has 0 aliphatic carbocycles. The Morgan fingerprint density at radius 3 is 1.90 bits per heavy atom. The topological polar surface area (TPSA) is 29.1 Å². The van der Waals surface area contributed by atoms with Gasteiger partial charge in [0.2, 0.25) is 0 Å². The Morgan fingerprint density at radius 2 is 1.48 bits per heavy atom. The van der Waals surface area contributed by atoms with Crippen LogP contribution < -0.4 is 5.32 Å². The summed E-state index contributed by atoms with van der Waals surface area (Å²) < 4.78 is 0.940. The number of carbonyl (C=O) groups excluding carboxylic acids is 1. The van der Waals surface area contributed by atoms with Gasteiger partial charge in [0.05, 0.1) is 19.6 Å². The van der Waals surface area contributed by atoms with E-state index in [1.54, 1.807) is 0 Å². The number of aryl methyl sites for hydroxylation is 4.